The Kier molecular flexibility index (Phi) is 6.74. The minimum Gasteiger partial charge on any atom is -0.455 e. The zero-order valence-corrected chi connectivity index (χ0v) is 31.3. The molecule has 3 aromatic heterocycles. The summed E-state index contributed by atoms with van der Waals surface area (Å²) >= 11 is 1.81. The number of fused-ring (bicyclic) bond motifs is 9. The molecule has 1 fully saturated rings. The molecule has 1 saturated heterocycles. The van der Waals surface area contributed by atoms with E-state index in [1.807, 2.05) is 11.3 Å². The molecule has 260 valence electrons. The van der Waals surface area contributed by atoms with Crippen LogP contribution in [-0.4, -0.2) is 22.9 Å². The molecule has 1 aliphatic heterocycles. The molecule has 0 amide bonds. The van der Waals surface area contributed by atoms with Crippen LogP contribution < -0.4 is 5.46 Å². The molecule has 6 heteroatoms. The van der Waals surface area contributed by atoms with Crippen LogP contribution in [0, 0.1) is 0 Å². The SMILES string of the molecule is CC1(C)OB(c2cccc3sc4ccc(-c5ccc(-c6ccc7c8ccccc8n(-c8ccccc8)c7c6)c6c5oc5ccccc56)cc4c23)OC1(C)C. The van der Waals surface area contributed by atoms with Gasteiger partial charge in [-0.15, -0.1) is 11.3 Å². The van der Waals surface area contributed by atoms with Gasteiger partial charge in [-0.25, -0.2) is 0 Å². The van der Waals surface area contributed by atoms with E-state index in [-0.39, 0.29) is 0 Å². The van der Waals surface area contributed by atoms with Crippen molar-refractivity contribution < 1.29 is 13.7 Å². The van der Waals surface area contributed by atoms with E-state index in [0.717, 1.165) is 55.3 Å². The third-order valence-electron chi connectivity index (χ3n) is 11.9. The van der Waals surface area contributed by atoms with Crippen LogP contribution in [0.2, 0.25) is 0 Å². The van der Waals surface area contributed by atoms with E-state index in [9.17, 15) is 0 Å². The summed E-state index contributed by atoms with van der Waals surface area (Å²) in [4.78, 5) is 0. The van der Waals surface area contributed by atoms with Gasteiger partial charge in [-0.1, -0.05) is 91.0 Å². The quantitative estimate of drug-likeness (QED) is 0.170. The largest absolute Gasteiger partial charge is 0.495 e. The summed E-state index contributed by atoms with van der Waals surface area (Å²) in [7, 11) is -0.445. The molecule has 54 heavy (non-hydrogen) atoms. The maximum absolute atomic E-state index is 6.82. The van der Waals surface area contributed by atoms with Crippen molar-refractivity contribution in [1.29, 1.82) is 0 Å². The summed E-state index contributed by atoms with van der Waals surface area (Å²) in [6.07, 6.45) is 0. The summed E-state index contributed by atoms with van der Waals surface area (Å²) in [6.45, 7) is 8.45. The molecule has 0 unspecified atom stereocenters. The monoisotopic (exact) mass is 717 g/mol. The highest BCUT2D eigenvalue weighted by molar-refractivity contribution is 7.26. The molecule has 0 atom stereocenters. The molecule has 0 radical (unpaired) electrons. The van der Waals surface area contributed by atoms with Crippen LogP contribution in [0.3, 0.4) is 0 Å². The van der Waals surface area contributed by atoms with Crippen LogP contribution in [0.15, 0.2) is 150 Å². The number of hydrogen-bond acceptors (Lipinski definition) is 4. The lowest BCUT2D eigenvalue weighted by Crippen LogP contribution is -2.41. The van der Waals surface area contributed by atoms with Gasteiger partial charge in [0, 0.05) is 53.0 Å². The Labute approximate surface area is 317 Å². The molecule has 0 N–H and O–H groups in total. The Morgan fingerprint density at radius 1 is 0.519 bits per heavy atom. The molecule has 0 bridgehead atoms. The highest BCUT2D eigenvalue weighted by Crippen LogP contribution is 2.45. The third kappa shape index (κ3) is 4.57. The van der Waals surface area contributed by atoms with Gasteiger partial charge in [0.2, 0.25) is 0 Å². The number of thiophene rings is 1. The Morgan fingerprint density at radius 2 is 1.20 bits per heavy atom. The van der Waals surface area contributed by atoms with Gasteiger partial charge in [0.15, 0.2) is 0 Å². The average Bonchev–Trinajstić information content (AvgIpc) is 3.91. The van der Waals surface area contributed by atoms with Gasteiger partial charge in [0.05, 0.1) is 22.2 Å². The molecular formula is C48H36BNO3S. The van der Waals surface area contributed by atoms with Crippen molar-refractivity contribution in [3.05, 3.63) is 146 Å². The highest BCUT2D eigenvalue weighted by Gasteiger charge is 2.52. The van der Waals surface area contributed by atoms with E-state index < -0.39 is 18.3 Å². The zero-order chi connectivity index (χ0) is 36.3. The lowest BCUT2D eigenvalue weighted by molar-refractivity contribution is 0.00578. The summed E-state index contributed by atoms with van der Waals surface area (Å²) in [5, 5.41) is 7.10. The van der Waals surface area contributed by atoms with Gasteiger partial charge in [0.1, 0.15) is 11.2 Å². The first-order valence-corrected chi connectivity index (χ1v) is 19.4. The first-order valence-electron chi connectivity index (χ1n) is 18.6. The summed E-state index contributed by atoms with van der Waals surface area (Å²) < 4.78 is 24.8. The molecule has 0 saturated carbocycles. The highest BCUT2D eigenvalue weighted by atomic mass is 32.1. The first-order chi connectivity index (χ1) is 26.3. The normalized spacial score (nSPS) is 15.5. The van der Waals surface area contributed by atoms with Crippen molar-refractivity contribution in [2.75, 3.05) is 0 Å². The van der Waals surface area contributed by atoms with Crippen LogP contribution in [0.25, 0.3) is 91.9 Å². The van der Waals surface area contributed by atoms with Crippen molar-refractivity contribution in [1.82, 2.24) is 4.57 Å². The van der Waals surface area contributed by atoms with E-state index in [1.54, 1.807) is 0 Å². The fourth-order valence-corrected chi connectivity index (χ4v) is 9.60. The number of para-hydroxylation sites is 3. The molecule has 10 aromatic rings. The third-order valence-corrected chi connectivity index (χ3v) is 13.0. The number of nitrogens with zero attached hydrogens (tertiary/aromatic N) is 1. The molecule has 4 heterocycles. The first kappa shape index (κ1) is 31.8. The van der Waals surface area contributed by atoms with Gasteiger partial charge in [-0.2, -0.15) is 0 Å². The van der Waals surface area contributed by atoms with Crippen molar-refractivity contribution in [3.63, 3.8) is 0 Å². The van der Waals surface area contributed by atoms with E-state index in [4.69, 9.17) is 13.7 Å². The van der Waals surface area contributed by atoms with E-state index in [2.05, 4.69) is 178 Å². The predicted octanol–water partition coefficient (Wildman–Crippen LogP) is 12.7. The van der Waals surface area contributed by atoms with Gasteiger partial charge in [-0.05, 0) is 104 Å². The Hall–Kier alpha value is -5.66. The Balaban J connectivity index is 1.12. The minimum absolute atomic E-state index is 0.423. The van der Waals surface area contributed by atoms with E-state index in [0.29, 0.717) is 0 Å². The maximum Gasteiger partial charge on any atom is 0.495 e. The number of rotatable bonds is 4. The smallest absolute Gasteiger partial charge is 0.455 e. The number of aromatic nitrogens is 1. The molecule has 11 rings (SSSR count). The van der Waals surface area contributed by atoms with Crippen LogP contribution in [0.1, 0.15) is 27.7 Å². The topological polar surface area (TPSA) is 36.5 Å². The molecule has 0 spiro atoms. The fourth-order valence-electron chi connectivity index (χ4n) is 8.48. The lowest BCUT2D eigenvalue weighted by Gasteiger charge is -2.32. The number of furan rings is 1. The molecule has 0 aliphatic carbocycles. The second kappa shape index (κ2) is 11.4. The summed E-state index contributed by atoms with van der Waals surface area (Å²) in [5.74, 6) is 0. The van der Waals surface area contributed by atoms with Crippen molar-refractivity contribution in [2.24, 2.45) is 0 Å². The number of hydrogen-bond donors (Lipinski definition) is 0. The van der Waals surface area contributed by atoms with Crippen molar-refractivity contribution in [3.8, 4) is 27.9 Å². The van der Waals surface area contributed by atoms with E-state index in [1.165, 1.54) is 42.0 Å². The zero-order valence-electron chi connectivity index (χ0n) is 30.5. The van der Waals surface area contributed by atoms with Crippen LogP contribution in [0.4, 0.5) is 0 Å². The summed E-state index contributed by atoms with van der Waals surface area (Å²) in [5.41, 5.74) is 10.00. The Bertz CT molecular complexity index is 3120. The lowest BCUT2D eigenvalue weighted by atomic mass is 9.76. The standard InChI is InChI=1S/C48H36BNO3S/c1-47(2)48(3,4)53-49(52-47)38-17-12-20-43-45(38)37-27-29(22-26-42(37)54-43)33-25-24-32(44-36-16-9-11-19-41(36)51-46(33)44)30-21-23-35-34-15-8-10-18-39(34)50(40(35)28-30)31-13-6-5-7-14-31/h5-28H,1-4H3. The maximum atomic E-state index is 6.82. The average molecular weight is 718 g/mol. The second-order valence-electron chi connectivity index (χ2n) is 15.5. The van der Waals surface area contributed by atoms with Gasteiger partial charge in [0.25, 0.3) is 0 Å². The predicted molar refractivity (Wildman–Crippen MR) is 228 cm³/mol. The second-order valence-corrected chi connectivity index (χ2v) is 16.6. The van der Waals surface area contributed by atoms with Crippen LogP contribution in [0.5, 0.6) is 0 Å². The fraction of sp³-hybridized carbons (Fsp3) is 0.125. The minimum atomic E-state index is -0.445. The molecular weight excluding hydrogens is 681 g/mol. The van der Waals surface area contributed by atoms with Gasteiger partial charge < -0.3 is 18.3 Å². The Morgan fingerprint density at radius 3 is 2.04 bits per heavy atom. The summed E-state index contributed by atoms with van der Waals surface area (Å²) in [6, 6.07) is 52.4. The number of benzene rings is 7. The van der Waals surface area contributed by atoms with Crippen LogP contribution >= 0.6 is 11.3 Å². The molecule has 7 aromatic carbocycles. The molecule has 1 aliphatic rings. The van der Waals surface area contributed by atoms with Crippen LogP contribution in [-0.2, 0) is 9.31 Å². The van der Waals surface area contributed by atoms with Crippen molar-refractivity contribution in [2.45, 2.75) is 38.9 Å². The van der Waals surface area contributed by atoms with Crippen molar-refractivity contribution >= 4 is 87.8 Å². The van der Waals surface area contributed by atoms with Gasteiger partial charge >= 0.3 is 7.12 Å². The van der Waals surface area contributed by atoms with E-state index >= 15 is 0 Å². The van der Waals surface area contributed by atoms with Gasteiger partial charge in [-0.3, -0.25) is 0 Å². The molecule has 4 nitrogen and oxygen atoms in total.